The quantitative estimate of drug-likeness (QED) is 0.767. The van der Waals surface area contributed by atoms with E-state index in [1.54, 1.807) is 6.92 Å². The molecule has 0 bridgehead atoms. The fraction of sp³-hybridized carbons (Fsp3) is 0.200. The lowest BCUT2D eigenvalue weighted by molar-refractivity contribution is -0.128. The molecular weight excluding hydrogens is 240 g/mol. The van der Waals surface area contributed by atoms with Crippen LogP contribution >= 0.6 is 0 Å². The summed E-state index contributed by atoms with van der Waals surface area (Å²) in [4.78, 5) is 21.2. The maximum absolute atomic E-state index is 10.6. The molecule has 0 radical (unpaired) electrons. The van der Waals surface area contributed by atoms with E-state index in [-0.39, 0.29) is 11.8 Å². The average Bonchev–Trinajstić information content (AvgIpc) is 2.78. The SMILES string of the molecule is CCC1C(=O)NNC1=O.c1ccc2ccccc2c1. The second kappa shape index (κ2) is 6.00. The maximum Gasteiger partial charge on any atom is 0.251 e. The van der Waals surface area contributed by atoms with E-state index in [1.807, 2.05) is 0 Å². The lowest BCUT2D eigenvalue weighted by atomic mass is 10.1. The molecule has 1 heterocycles. The Morgan fingerprint density at radius 3 is 1.47 bits per heavy atom. The molecule has 1 fully saturated rings. The third kappa shape index (κ3) is 3.10. The van der Waals surface area contributed by atoms with E-state index >= 15 is 0 Å². The predicted molar refractivity (Wildman–Crippen MR) is 74.0 cm³/mol. The van der Waals surface area contributed by atoms with Crippen LogP contribution in [0.1, 0.15) is 13.3 Å². The van der Waals surface area contributed by atoms with Crippen LogP contribution in [-0.4, -0.2) is 11.8 Å². The first kappa shape index (κ1) is 13.1. The van der Waals surface area contributed by atoms with E-state index < -0.39 is 5.92 Å². The Bertz CT molecular complexity index is 514. The Morgan fingerprint density at radius 1 is 0.842 bits per heavy atom. The molecule has 0 aliphatic carbocycles. The third-order valence-electron chi connectivity index (χ3n) is 3.01. The van der Waals surface area contributed by atoms with Crippen LogP contribution in [0.15, 0.2) is 48.5 Å². The van der Waals surface area contributed by atoms with Gasteiger partial charge in [-0.3, -0.25) is 20.4 Å². The smallest absolute Gasteiger partial charge is 0.251 e. The Hall–Kier alpha value is -2.36. The molecule has 0 saturated carbocycles. The molecule has 4 heteroatoms. The van der Waals surface area contributed by atoms with Gasteiger partial charge in [0.2, 0.25) is 0 Å². The summed E-state index contributed by atoms with van der Waals surface area (Å²) in [7, 11) is 0. The Kier molecular flexibility index (Phi) is 4.13. The highest BCUT2D eigenvalue weighted by molar-refractivity contribution is 6.05. The van der Waals surface area contributed by atoms with Gasteiger partial charge >= 0.3 is 0 Å². The zero-order chi connectivity index (χ0) is 13.7. The lowest BCUT2D eigenvalue weighted by Gasteiger charge is -1.93. The van der Waals surface area contributed by atoms with Crippen LogP contribution in [0.4, 0.5) is 0 Å². The molecule has 0 spiro atoms. The van der Waals surface area contributed by atoms with Gasteiger partial charge in [-0.15, -0.1) is 0 Å². The molecule has 2 aromatic rings. The molecule has 0 unspecified atom stereocenters. The van der Waals surface area contributed by atoms with Crippen LogP contribution in [0.3, 0.4) is 0 Å². The van der Waals surface area contributed by atoms with Gasteiger partial charge in [0.15, 0.2) is 0 Å². The summed E-state index contributed by atoms with van der Waals surface area (Å²) >= 11 is 0. The van der Waals surface area contributed by atoms with Crippen molar-refractivity contribution in [2.75, 3.05) is 0 Å². The zero-order valence-corrected chi connectivity index (χ0v) is 10.7. The van der Waals surface area contributed by atoms with Gasteiger partial charge in [0.25, 0.3) is 11.8 Å². The molecule has 0 atom stereocenters. The number of hydrogen-bond donors (Lipinski definition) is 2. The van der Waals surface area contributed by atoms with Crippen LogP contribution in [0.5, 0.6) is 0 Å². The van der Waals surface area contributed by atoms with E-state index in [4.69, 9.17) is 0 Å². The first-order valence-electron chi connectivity index (χ1n) is 6.26. The van der Waals surface area contributed by atoms with Crippen LogP contribution in [0.25, 0.3) is 10.8 Å². The van der Waals surface area contributed by atoms with Crippen molar-refractivity contribution in [2.45, 2.75) is 13.3 Å². The number of amides is 2. The molecule has 0 aromatic heterocycles. The topological polar surface area (TPSA) is 58.2 Å². The van der Waals surface area contributed by atoms with Crippen LogP contribution in [0, 0.1) is 5.92 Å². The van der Waals surface area contributed by atoms with Gasteiger partial charge in [-0.05, 0) is 17.2 Å². The highest BCUT2D eigenvalue weighted by Crippen LogP contribution is 2.11. The monoisotopic (exact) mass is 256 g/mol. The third-order valence-corrected chi connectivity index (χ3v) is 3.01. The van der Waals surface area contributed by atoms with Crippen molar-refractivity contribution in [3.63, 3.8) is 0 Å². The summed E-state index contributed by atoms with van der Waals surface area (Å²) in [5.41, 5.74) is 4.46. The summed E-state index contributed by atoms with van der Waals surface area (Å²) < 4.78 is 0. The second-order valence-corrected chi connectivity index (χ2v) is 4.29. The number of hydrogen-bond acceptors (Lipinski definition) is 2. The normalized spacial score (nSPS) is 14.6. The molecule has 3 rings (SSSR count). The van der Waals surface area contributed by atoms with E-state index in [2.05, 4.69) is 59.4 Å². The summed E-state index contributed by atoms with van der Waals surface area (Å²) in [5, 5.41) is 2.62. The summed E-state index contributed by atoms with van der Waals surface area (Å²) in [6.07, 6.45) is 0.567. The standard InChI is InChI=1S/C10H8.C5H8N2O2/c1-2-6-10-8-4-3-7-9(10)5-1;1-2-3-4(8)6-7-5(3)9/h1-8H;3H,2H2,1H3,(H,6,8)(H,7,9). The average molecular weight is 256 g/mol. The van der Waals surface area contributed by atoms with Gasteiger partial charge in [0.05, 0.1) is 0 Å². The highest BCUT2D eigenvalue weighted by Gasteiger charge is 2.30. The van der Waals surface area contributed by atoms with Gasteiger partial charge in [-0.25, -0.2) is 0 Å². The molecule has 2 aromatic carbocycles. The molecular formula is C15H16N2O2. The fourth-order valence-electron chi connectivity index (χ4n) is 1.92. The van der Waals surface area contributed by atoms with E-state index in [0.717, 1.165) is 0 Å². The van der Waals surface area contributed by atoms with Gasteiger partial charge in [-0.1, -0.05) is 55.5 Å². The number of hydrazine groups is 1. The minimum atomic E-state index is -0.468. The Balaban J connectivity index is 0.000000141. The number of rotatable bonds is 1. The second-order valence-electron chi connectivity index (χ2n) is 4.29. The van der Waals surface area contributed by atoms with Crippen LogP contribution in [-0.2, 0) is 9.59 Å². The first-order chi connectivity index (χ1) is 9.22. The van der Waals surface area contributed by atoms with Crippen LogP contribution < -0.4 is 10.9 Å². The Morgan fingerprint density at radius 2 is 1.21 bits per heavy atom. The van der Waals surface area contributed by atoms with Gasteiger partial charge in [0, 0.05) is 0 Å². The zero-order valence-electron chi connectivity index (χ0n) is 10.7. The van der Waals surface area contributed by atoms with E-state index in [0.29, 0.717) is 6.42 Å². The van der Waals surface area contributed by atoms with Crippen molar-refractivity contribution in [1.29, 1.82) is 0 Å². The van der Waals surface area contributed by atoms with Gasteiger partial charge in [-0.2, -0.15) is 0 Å². The minimum Gasteiger partial charge on any atom is -0.272 e. The number of carbonyl (C=O) groups is 2. The minimum absolute atomic E-state index is 0.220. The van der Waals surface area contributed by atoms with Crippen molar-refractivity contribution in [3.05, 3.63) is 48.5 Å². The fourth-order valence-corrected chi connectivity index (χ4v) is 1.92. The molecule has 4 nitrogen and oxygen atoms in total. The summed E-state index contributed by atoms with van der Waals surface area (Å²) in [5.74, 6) is -0.907. The molecule has 1 aliphatic rings. The van der Waals surface area contributed by atoms with Crippen LogP contribution in [0.2, 0.25) is 0 Å². The van der Waals surface area contributed by atoms with Crippen molar-refractivity contribution >= 4 is 22.6 Å². The molecule has 2 amide bonds. The molecule has 1 aliphatic heterocycles. The van der Waals surface area contributed by atoms with Crippen molar-refractivity contribution in [2.24, 2.45) is 5.92 Å². The summed E-state index contributed by atoms with van der Waals surface area (Å²) in [6, 6.07) is 16.7. The van der Waals surface area contributed by atoms with Gasteiger partial charge < -0.3 is 0 Å². The maximum atomic E-state index is 10.6. The predicted octanol–water partition coefficient (Wildman–Crippen LogP) is 2.01. The molecule has 98 valence electrons. The van der Waals surface area contributed by atoms with Gasteiger partial charge in [0.1, 0.15) is 5.92 Å². The summed E-state index contributed by atoms with van der Waals surface area (Å²) in [6.45, 7) is 1.80. The van der Waals surface area contributed by atoms with Crippen molar-refractivity contribution < 1.29 is 9.59 Å². The number of fused-ring (bicyclic) bond motifs is 1. The van der Waals surface area contributed by atoms with Crippen molar-refractivity contribution in [1.82, 2.24) is 10.9 Å². The Labute approximate surface area is 111 Å². The largest absolute Gasteiger partial charge is 0.272 e. The number of carbonyl (C=O) groups excluding carboxylic acids is 2. The number of nitrogens with one attached hydrogen (secondary N) is 2. The van der Waals surface area contributed by atoms with E-state index in [1.165, 1.54) is 10.8 Å². The molecule has 2 N–H and O–H groups in total. The molecule has 1 saturated heterocycles. The molecule has 19 heavy (non-hydrogen) atoms. The van der Waals surface area contributed by atoms with Crippen molar-refractivity contribution in [3.8, 4) is 0 Å². The first-order valence-corrected chi connectivity index (χ1v) is 6.26. The lowest BCUT2D eigenvalue weighted by Crippen LogP contribution is -2.28. The van der Waals surface area contributed by atoms with E-state index in [9.17, 15) is 9.59 Å². The highest BCUT2D eigenvalue weighted by atomic mass is 16.2. The number of benzene rings is 2.